The zero-order chi connectivity index (χ0) is 14.0. The lowest BCUT2D eigenvalue weighted by Gasteiger charge is -2.20. The van der Waals surface area contributed by atoms with Crippen molar-refractivity contribution in [3.8, 4) is 5.75 Å². The molecular weight excluding hydrogens is 238 g/mol. The molecule has 3 nitrogen and oxygen atoms in total. The van der Waals surface area contributed by atoms with Gasteiger partial charge in [-0.05, 0) is 25.5 Å². The van der Waals surface area contributed by atoms with Crippen molar-refractivity contribution in [3.05, 3.63) is 30.0 Å². The molecular formula is C16H21NO2. The average Bonchev–Trinajstić information content (AvgIpc) is 2.83. The van der Waals surface area contributed by atoms with Gasteiger partial charge in [-0.15, -0.1) is 0 Å². The van der Waals surface area contributed by atoms with E-state index in [0.29, 0.717) is 6.61 Å². The number of aromatic amines is 1. The van der Waals surface area contributed by atoms with Gasteiger partial charge in [-0.2, -0.15) is 0 Å². The van der Waals surface area contributed by atoms with Crippen LogP contribution in [0.15, 0.2) is 24.4 Å². The molecule has 19 heavy (non-hydrogen) atoms. The van der Waals surface area contributed by atoms with E-state index in [2.05, 4.69) is 4.98 Å². The summed E-state index contributed by atoms with van der Waals surface area (Å²) >= 11 is 0. The summed E-state index contributed by atoms with van der Waals surface area (Å²) in [4.78, 5) is 15.8. The van der Waals surface area contributed by atoms with Gasteiger partial charge in [0.05, 0.1) is 12.0 Å². The van der Waals surface area contributed by atoms with Crippen LogP contribution in [0.2, 0.25) is 0 Å². The first kappa shape index (κ1) is 13.7. The number of Topliss-reactive ketones (excluding diaryl/α,β-unsaturated/α-hetero) is 1. The number of ether oxygens (including phenoxy) is 1. The van der Waals surface area contributed by atoms with Crippen LogP contribution in [0, 0.1) is 5.41 Å². The maximum absolute atomic E-state index is 12.7. The van der Waals surface area contributed by atoms with Crippen molar-refractivity contribution in [2.75, 3.05) is 6.61 Å². The second kappa shape index (κ2) is 5.08. The third kappa shape index (κ3) is 2.37. The number of H-pyrrole nitrogens is 1. The van der Waals surface area contributed by atoms with Crippen LogP contribution in [0.25, 0.3) is 10.9 Å². The summed E-state index contributed by atoms with van der Waals surface area (Å²) in [5, 5.41) is 0.899. The lowest BCUT2D eigenvalue weighted by atomic mass is 9.82. The average molecular weight is 259 g/mol. The Balaban J connectivity index is 2.58. The molecule has 0 aliphatic heterocycles. The molecule has 0 aliphatic carbocycles. The molecule has 0 unspecified atom stereocenters. The second-order valence-corrected chi connectivity index (χ2v) is 5.38. The number of rotatable bonds is 5. The zero-order valence-corrected chi connectivity index (χ0v) is 12.0. The highest BCUT2D eigenvalue weighted by atomic mass is 16.5. The number of fused-ring (bicyclic) bond motifs is 1. The van der Waals surface area contributed by atoms with Crippen LogP contribution in [0.5, 0.6) is 5.75 Å². The lowest BCUT2D eigenvalue weighted by molar-refractivity contribution is 0.0834. The number of hydrogen-bond acceptors (Lipinski definition) is 2. The highest BCUT2D eigenvalue weighted by molar-refractivity contribution is 6.12. The normalized spacial score (nSPS) is 11.8. The van der Waals surface area contributed by atoms with Crippen molar-refractivity contribution in [1.29, 1.82) is 0 Å². The summed E-state index contributed by atoms with van der Waals surface area (Å²) < 4.78 is 5.64. The maximum atomic E-state index is 12.7. The van der Waals surface area contributed by atoms with E-state index < -0.39 is 0 Å². The van der Waals surface area contributed by atoms with E-state index in [0.717, 1.165) is 28.6 Å². The Morgan fingerprint density at radius 1 is 1.32 bits per heavy atom. The Kier molecular flexibility index (Phi) is 3.65. The molecule has 1 aromatic heterocycles. The van der Waals surface area contributed by atoms with Gasteiger partial charge in [0.1, 0.15) is 5.75 Å². The predicted octanol–water partition coefficient (Wildman–Crippen LogP) is 4.19. The number of nitrogens with one attached hydrogen (secondary N) is 1. The molecule has 1 aromatic carbocycles. The Morgan fingerprint density at radius 3 is 2.68 bits per heavy atom. The summed E-state index contributed by atoms with van der Waals surface area (Å²) in [5.74, 6) is 0.935. The molecule has 102 valence electrons. The van der Waals surface area contributed by atoms with Gasteiger partial charge in [-0.3, -0.25) is 4.79 Å². The monoisotopic (exact) mass is 259 g/mol. The van der Waals surface area contributed by atoms with Gasteiger partial charge in [0.25, 0.3) is 0 Å². The largest absolute Gasteiger partial charge is 0.493 e. The van der Waals surface area contributed by atoms with Crippen LogP contribution < -0.4 is 4.74 Å². The Hall–Kier alpha value is -1.77. The van der Waals surface area contributed by atoms with Crippen molar-refractivity contribution in [1.82, 2.24) is 4.98 Å². The lowest BCUT2D eigenvalue weighted by Crippen LogP contribution is -2.23. The van der Waals surface area contributed by atoms with Gasteiger partial charge < -0.3 is 9.72 Å². The van der Waals surface area contributed by atoms with Crippen molar-refractivity contribution in [2.45, 2.75) is 34.1 Å². The number of carbonyl (C=O) groups excluding carboxylic acids is 1. The van der Waals surface area contributed by atoms with Crippen LogP contribution >= 0.6 is 0 Å². The summed E-state index contributed by atoms with van der Waals surface area (Å²) in [6, 6.07) is 5.81. The van der Waals surface area contributed by atoms with Crippen LogP contribution in [0.1, 0.15) is 44.5 Å². The summed E-state index contributed by atoms with van der Waals surface area (Å²) in [6.45, 7) is 8.54. The van der Waals surface area contributed by atoms with E-state index in [4.69, 9.17) is 4.74 Å². The highest BCUT2D eigenvalue weighted by Crippen LogP contribution is 2.34. The van der Waals surface area contributed by atoms with Gasteiger partial charge >= 0.3 is 0 Å². The quantitative estimate of drug-likeness (QED) is 0.818. The summed E-state index contributed by atoms with van der Waals surface area (Å²) in [5.41, 5.74) is 1.32. The van der Waals surface area contributed by atoms with Crippen LogP contribution in [0.4, 0.5) is 0 Å². The van der Waals surface area contributed by atoms with Gasteiger partial charge in [-0.25, -0.2) is 0 Å². The topological polar surface area (TPSA) is 42.1 Å². The molecule has 0 amide bonds. The van der Waals surface area contributed by atoms with Crippen molar-refractivity contribution < 1.29 is 9.53 Å². The van der Waals surface area contributed by atoms with E-state index in [-0.39, 0.29) is 11.2 Å². The maximum Gasteiger partial charge on any atom is 0.170 e. The third-order valence-corrected chi connectivity index (χ3v) is 3.71. The molecule has 2 rings (SSSR count). The molecule has 0 fully saturated rings. The molecule has 0 saturated carbocycles. The van der Waals surface area contributed by atoms with Crippen molar-refractivity contribution in [3.63, 3.8) is 0 Å². The van der Waals surface area contributed by atoms with Gasteiger partial charge in [0.2, 0.25) is 0 Å². The molecule has 0 bridgehead atoms. The fourth-order valence-electron chi connectivity index (χ4n) is 2.13. The first-order valence-corrected chi connectivity index (χ1v) is 6.79. The van der Waals surface area contributed by atoms with E-state index in [1.54, 1.807) is 6.20 Å². The van der Waals surface area contributed by atoms with Gasteiger partial charge in [-0.1, -0.05) is 26.8 Å². The van der Waals surface area contributed by atoms with E-state index >= 15 is 0 Å². The zero-order valence-electron chi connectivity index (χ0n) is 12.0. The minimum absolute atomic E-state index is 0.161. The first-order chi connectivity index (χ1) is 9.01. The molecule has 1 N–H and O–H groups in total. The first-order valence-electron chi connectivity index (χ1n) is 6.79. The second-order valence-electron chi connectivity index (χ2n) is 5.38. The van der Waals surface area contributed by atoms with Gasteiger partial charge in [0.15, 0.2) is 5.78 Å². The molecule has 1 heterocycles. The number of benzene rings is 1. The van der Waals surface area contributed by atoms with Gasteiger partial charge in [0, 0.05) is 22.7 Å². The molecule has 3 heteroatoms. The van der Waals surface area contributed by atoms with Crippen molar-refractivity contribution >= 4 is 16.7 Å². The minimum atomic E-state index is -0.353. The van der Waals surface area contributed by atoms with E-state index in [1.165, 1.54) is 0 Å². The molecule has 0 radical (unpaired) electrons. The Labute approximate surface area is 114 Å². The standard InChI is InChI=1S/C16H21NO2/c1-5-16(3,4)15(18)11-10-17-12-8-7-9-13(14(11)12)19-6-2/h7-10,17H,5-6H2,1-4H3. The van der Waals surface area contributed by atoms with Crippen molar-refractivity contribution in [2.24, 2.45) is 5.41 Å². The number of aromatic nitrogens is 1. The SMILES string of the molecule is CCOc1cccc2[nH]cc(C(=O)C(C)(C)CC)c12. The van der Waals surface area contributed by atoms with E-state index in [1.807, 2.05) is 45.9 Å². The fourth-order valence-corrected chi connectivity index (χ4v) is 2.13. The number of ketones is 1. The molecule has 2 aromatic rings. The molecule has 0 spiro atoms. The van der Waals surface area contributed by atoms with Crippen LogP contribution in [-0.4, -0.2) is 17.4 Å². The summed E-state index contributed by atoms with van der Waals surface area (Å²) in [6.07, 6.45) is 2.61. The highest BCUT2D eigenvalue weighted by Gasteiger charge is 2.29. The van der Waals surface area contributed by atoms with Crippen LogP contribution in [0.3, 0.4) is 0 Å². The Morgan fingerprint density at radius 2 is 2.05 bits per heavy atom. The molecule has 0 aliphatic rings. The number of hydrogen-bond donors (Lipinski definition) is 1. The Bertz CT molecular complexity index is 596. The predicted molar refractivity (Wildman–Crippen MR) is 77.9 cm³/mol. The van der Waals surface area contributed by atoms with Crippen LogP contribution in [-0.2, 0) is 0 Å². The van der Waals surface area contributed by atoms with E-state index in [9.17, 15) is 4.79 Å². The molecule has 0 saturated heterocycles. The third-order valence-electron chi connectivity index (χ3n) is 3.71. The molecule has 0 atom stereocenters. The fraction of sp³-hybridized carbons (Fsp3) is 0.438. The summed E-state index contributed by atoms with van der Waals surface area (Å²) in [7, 11) is 0. The smallest absolute Gasteiger partial charge is 0.170 e. The number of carbonyl (C=O) groups is 1. The minimum Gasteiger partial charge on any atom is -0.493 e.